The molecule has 8 heteroatoms. The average molecular weight is 409 g/mol. The number of carbonyl (C=O) groups excluding carboxylic acids is 1. The quantitative estimate of drug-likeness (QED) is 0.792. The zero-order chi connectivity index (χ0) is 17.9. The number of ether oxygens (including phenoxy) is 1. The van der Waals surface area contributed by atoms with Crippen LogP contribution in [0.5, 0.6) is 5.75 Å². The molecule has 2 aromatic rings. The normalized spacial score (nSPS) is 24.0. The van der Waals surface area contributed by atoms with Crippen molar-refractivity contribution in [1.82, 2.24) is 15.5 Å². The standard InChI is InChI=1S/C19H24N4O2S.ClH/c1-25-14-7-4-5-12(9-14)10-17-22-23-19(26-17)21-18(24)16-11-13-6-2-3-8-15(13)20-16;/h4-5,7,9,13,15-16,20H,2-3,6,8,10-11H2,1H3,(H,21,23,24);1H. The van der Waals surface area contributed by atoms with Crippen molar-refractivity contribution in [2.75, 3.05) is 12.4 Å². The van der Waals surface area contributed by atoms with Gasteiger partial charge in [-0.1, -0.05) is 36.3 Å². The van der Waals surface area contributed by atoms with Gasteiger partial charge in [0.15, 0.2) is 0 Å². The van der Waals surface area contributed by atoms with Gasteiger partial charge in [0.1, 0.15) is 10.8 Å². The molecule has 0 spiro atoms. The summed E-state index contributed by atoms with van der Waals surface area (Å²) in [5, 5.41) is 16.2. The average Bonchev–Trinajstić information content (AvgIpc) is 3.28. The number of anilines is 1. The first kappa shape index (κ1) is 20.0. The molecule has 1 aliphatic heterocycles. The first-order valence-corrected chi connectivity index (χ1v) is 10.0. The molecule has 1 aromatic carbocycles. The Hall–Kier alpha value is -1.70. The van der Waals surface area contributed by atoms with Gasteiger partial charge in [-0.2, -0.15) is 0 Å². The third kappa shape index (κ3) is 4.78. The summed E-state index contributed by atoms with van der Waals surface area (Å²) in [4.78, 5) is 12.6. The monoisotopic (exact) mass is 408 g/mol. The van der Waals surface area contributed by atoms with E-state index in [9.17, 15) is 4.79 Å². The number of hydrogen-bond donors (Lipinski definition) is 2. The molecule has 2 heterocycles. The largest absolute Gasteiger partial charge is 0.497 e. The van der Waals surface area contributed by atoms with Gasteiger partial charge in [0.25, 0.3) is 0 Å². The van der Waals surface area contributed by atoms with Gasteiger partial charge in [0.05, 0.1) is 13.2 Å². The number of nitrogens with one attached hydrogen (secondary N) is 2. The predicted octanol–water partition coefficient (Wildman–Crippen LogP) is 3.42. The third-order valence-electron chi connectivity index (χ3n) is 5.37. The maximum absolute atomic E-state index is 12.6. The van der Waals surface area contributed by atoms with Crippen molar-refractivity contribution in [3.63, 3.8) is 0 Å². The maximum Gasteiger partial charge on any atom is 0.243 e. The number of carbonyl (C=O) groups is 1. The molecule has 1 amide bonds. The van der Waals surface area contributed by atoms with Crippen molar-refractivity contribution < 1.29 is 9.53 Å². The summed E-state index contributed by atoms with van der Waals surface area (Å²) in [6.45, 7) is 0. The van der Waals surface area contributed by atoms with Crippen LogP contribution in [0.4, 0.5) is 5.13 Å². The molecule has 3 atom stereocenters. The van der Waals surface area contributed by atoms with E-state index in [1.807, 2.05) is 24.3 Å². The smallest absolute Gasteiger partial charge is 0.243 e. The number of fused-ring (bicyclic) bond motifs is 1. The second kappa shape index (κ2) is 8.99. The van der Waals surface area contributed by atoms with Gasteiger partial charge in [-0.15, -0.1) is 22.6 Å². The summed E-state index contributed by atoms with van der Waals surface area (Å²) in [5.74, 6) is 1.50. The number of amides is 1. The highest BCUT2D eigenvalue weighted by atomic mass is 35.5. The molecule has 1 saturated carbocycles. The number of nitrogens with zero attached hydrogens (tertiary/aromatic N) is 2. The van der Waals surface area contributed by atoms with E-state index in [2.05, 4.69) is 20.8 Å². The van der Waals surface area contributed by atoms with Crippen molar-refractivity contribution in [2.24, 2.45) is 5.92 Å². The molecule has 27 heavy (non-hydrogen) atoms. The summed E-state index contributed by atoms with van der Waals surface area (Å²) < 4.78 is 5.25. The Balaban J connectivity index is 0.00000210. The minimum absolute atomic E-state index is 0. The molecule has 2 aliphatic rings. The van der Waals surface area contributed by atoms with E-state index in [0.29, 0.717) is 23.5 Å². The number of benzene rings is 1. The minimum atomic E-state index is -0.103. The maximum atomic E-state index is 12.6. The Morgan fingerprint density at radius 1 is 1.33 bits per heavy atom. The lowest BCUT2D eigenvalue weighted by atomic mass is 9.85. The highest BCUT2D eigenvalue weighted by Gasteiger charge is 2.38. The first-order chi connectivity index (χ1) is 12.7. The van der Waals surface area contributed by atoms with Crippen LogP contribution >= 0.6 is 23.7 Å². The van der Waals surface area contributed by atoms with E-state index in [-0.39, 0.29) is 24.4 Å². The third-order valence-corrected chi connectivity index (χ3v) is 6.20. The summed E-state index contributed by atoms with van der Waals surface area (Å²) in [6.07, 6.45) is 6.61. The molecule has 2 fully saturated rings. The van der Waals surface area contributed by atoms with Gasteiger partial charge in [0.2, 0.25) is 11.0 Å². The Morgan fingerprint density at radius 2 is 2.19 bits per heavy atom. The molecule has 6 nitrogen and oxygen atoms in total. The minimum Gasteiger partial charge on any atom is -0.497 e. The number of halogens is 1. The Bertz CT molecular complexity index is 771. The van der Waals surface area contributed by atoms with Gasteiger partial charge in [-0.05, 0) is 42.9 Å². The molecule has 0 radical (unpaired) electrons. The highest BCUT2D eigenvalue weighted by molar-refractivity contribution is 7.15. The van der Waals surface area contributed by atoms with Crippen LogP contribution in [0, 0.1) is 5.92 Å². The molecule has 1 aromatic heterocycles. The predicted molar refractivity (Wildman–Crippen MR) is 109 cm³/mol. The SMILES string of the molecule is COc1cccc(Cc2nnc(NC(=O)C3CC4CCCCC4N3)s2)c1.Cl. The molecule has 1 aliphatic carbocycles. The summed E-state index contributed by atoms with van der Waals surface area (Å²) in [5.41, 5.74) is 1.11. The van der Waals surface area contributed by atoms with E-state index in [4.69, 9.17) is 4.74 Å². The van der Waals surface area contributed by atoms with Crippen LogP contribution in [-0.2, 0) is 11.2 Å². The number of rotatable bonds is 5. The van der Waals surface area contributed by atoms with Crippen molar-refractivity contribution in [1.29, 1.82) is 0 Å². The fourth-order valence-electron chi connectivity index (χ4n) is 4.05. The number of methoxy groups -OCH3 is 1. The highest BCUT2D eigenvalue weighted by Crippen LogP contribution is 2.33. The van der Waals surface area contributed by atoms with Crippen molar-refractivity contribution in [2.45, 2.75) is 50.6 Å². The summed E-state index contributed by atoms with van der Waals surface area (Å²) in [6, 6.07) is 8.31. The van der Waals surface area contributed by atoms with E-state index in [1.54, 1.807) is 7.11 Å². The zero-order valence-corrected chi connectivity index (χ0v) is 16.9. The number of aromatic nitrogens is 2. The van der Waals surface area contributed by atoms with Crippen LogP contribution in [0.15, 0.2) is 24.3 Å². The van der Waals surface area contributed by atoms with Gasteiger partial charge in [-0.25, -0.2) is 0 Å². The molecule has 2 N–H and O–H groups in total. The van der Waals surface area contributed by atoms with Crippen molar-refractivity contribution >= 4 is 34.8 Å². The Kier molecular flexibility index (Phi) is 6.68. The molecule has 0 bridgehead atoms. The molecule has 4 rings (SSSR count). The Labute approximate surface area is 169 Å². The van der Waals surface area contributed by atoms with Gasteiger partial charge >= 0.3 is 0 Å². The fraction of sp³-hybridized carbons (Fsp3) is 0.526. The fourth-order valence-corrected chi connectivity index (χ4v) is 4.82. The first-order valence-electron chi connectivity index (χ1n) is 9.23. The Morgan fingerprint density at radius 3 is 3.00 bits per heavy atom. The zero-order valence-electron chi connectivity index (χ0n) is 15.3. The van der Waals surface area contributed by atoms with E-state index in [1.165, 1.54) is 37.0 Å². The summed E-state index contributed by atoms with van der Waals surface area (Å²) in [7, 11) is 1.66. The molecule has 1 saturated heterocycles. The summed E-state index contributed by atoms with van der Waals surface area (Å²) >= 11 is 1.43. The second-order valence-corrected chi connectivity index (χ2v) is 8.19. The molecule has 3 unspecified atom stereocenters. The van der Waals surface area contributed by atoms with E-state index < -0.39 is 0 Å². The number of hydrogen-bond acceptors (Lipinski definition) is 6. The second-order valence-electron chi connectivity index (χ2n) is 7.12. The van der Waals surface area contributed by atoms with E-state index >= 15 is 0 Å². The molecular weight excluding hydrogens is 384 g/mol. The van der Waals surface area contributed by atoms with Gasteiger partial charge in [0, 0.05) is 12.5 Å². The van der Waals surface area contributed by atoms with Crippen LogP contribution in [0.2, 0.25) is 0 Å². The lowest BCUT2D eigenvalue weighted by molar-refractivity contribution is -0.117. The lowest BCUT2D eigenvalue weighted by Crippen LogP contribution is -2.39. The van der Waals surface area contributed by atoms with E-state index in [0.717, 1.165) is 22.7 Å². The van der Waals surface area contributed by atoms with Crippen molar-refractivity contribution in [3.05, 3.63) is 34.8 Å². The topological polar surface area (TPSA) is 76.1 Å². The molecular formula is C19H25ClN4O2S. The van der Waals surface area contributed by atoms with Crippen LogP contribution in [-0.4, -0.2) is 35.3 Å². The molecule has 146 valence electrons. The lowest BCUT2D eigenvalue weighted by Gasteiger charge is -2.24. The van der Waals surface area contributed by atoms with Crippen molar-refractivity contribution in [3.8, 4) is 5.75 Å². The van der Waals surface area contributed by atoms with Crippen LogP contribution in [0.25, 0.3) is 0 Å². The van der Waals surface area contributed by atoms with Gasteiger partial charge < -0.3 is 10.1 Å². The van der Waals surface area contributed by atoms with Crippen LogP contribution in [0.1, 0.15) is 42.7 Å². The van der Waals surface area contributed by atoms with Crippen LogP contribution in [0.3, 0.4) is 0 Å². The van der Waals surface area contributed by atoms with Gasteiger partial charge in [-0.3, -0.25) is 10.1 Å². The van der Waals surface area contributed by atoms with Crippen LogP contribution < -0.4 is 15.4 Å².